The van der Waals surface area contributed by atoms with E-state index in [0.29, 0.717) is 24.9 Å². The molecule has 3 rings (SSSR count). The van der Waals surface area contributed by atoms with Crippen LogP contribution in [-0.2, 0) is 25.7 Å². The number of ether oxygens (including phenoxy) is 1. The Balaban J connectivity index is 1.76. The molecule has 152 valence electrons. The molecule has 1 aromatic heterocycles. The van der Waals surface area contributed by atoms with Crippen molar-refractivity contribution in [3.8, 4) is 0 Å². The van der Waals surface area contributed by atoms with Gasteiger partial charge in [-0.1, -0.05) is 6.92 Å². The highest BCUT2D eigenvalue weighted by Crippen LogP contribution is 2.35. The largest absolute Gasteiger partial charge is 0.469 e. The Bertz CT molecular complexity index is 919. The highest BCUT2D eigenvalue weighted by atomic mass is 16.5. The lowest BCUT2D eigenvalue weighted by Gasteiger charge is -2.39. The fourth-order valence-corrected chi connectivity index (χ4v) is 4.20. The van der Waals surface area contributed by atoms with Crippen molar-refractivity contribution in [2.45, 2.75) is 45.3 Å². The van der Waals surface area contributed by atoms with E-state index in [1.807, 2.05) is 6.92 Å². The summed E-state index contributed by atoms with van der Waals surface area (Å²) < 4.78 is 5.99. The molecule has 0 aliphatic carbocycles. The highest BCUT2D eigenvalue weighted by Gasteiger charge is 2.49. The third kappa shape index (κ3) is 3.46. The van der Waals surface area contributed by atoms with Gasteiger partial charge in [-0.05, 0) is 19.8 Å². The predicted molar refractivity (Wildman–Crippen MR) is 97.5 cm³/mol. The van der Waals surface area contributed by atoms with Crippen LogP contribution in [0, 0.1) is 12.8 Å². The number of fused-ring (bicyclic) bond motifs is 1. The van der Waals surface area contributed by atoms with Gasteiger partial charge in [0.15, 0.2) is 0 Å². The number of carbonyl (C=O) groups excluding carboxylic acids is 3. The zero-order valence-electron chi connectivity index (χ0n) is 16.1. The fraction of sp³-hybridized carbons (Fsp3) is 0.611. The van der Waals surface area contributed by atoms with E-state index >= 15 is 0 Å². The molecular weight excluding hydrogens is 368 g/mol. The number of esters is 1. The maximum absolute atomic E-state index is 12.7. The lowest BCUT2D eigenvalue weighted by atomic mass is 9.97. The second-order valence-corrected chi connectivity index (χ2v) is 7.27. The molecule has 0 saturated carbocycles. The molecule has 0 aromatic carbocycles. The molecule has 28 heavy (non-hydrogen) atoms. The van der Waals surface area contributed by atoms with Crippen LogP contribution in [0.4, 0.5) is 0 Å². The van der Waals surface area contributed by atoms with Crippen LogP contribution >= 0.6 is 0 Å². The van der Waals surface area contributed by atoms with Gasteiger partial charge in [-0.15, -0.1) is 0 Å². The lowest BCUT2D eigenvalue weighted by molar-refractivity contribution is -0.151. The van der Waals surface area contributed by atoms with Crippen LogP contribution in [0.5, 0.6) is 0 Å². The number of piperazine rings is 1. The SMILES string of the molecule is CC[C@H]1[C@@H](C(=O)OC)C[C@H]2CN(C(=O)Cn3cc(C)c(=O)[nH]c3=O)CC(=O)N21. The standard InChI is InChI=1S/C18H24N4O6/c1-4-13-12(17(26)28-3)5-11-7-20(9-15(24)22(11)13)14(23)8-21-6-10(2)16(25)19-18(21)27/h6,11-13H,4-5,7-9H2,1-3H3,(H,19,25,27)/t11-,12-,13-/m0/s1. The molecule has 2 amide bonds. The van der Waals surface area contributed by atoms with E-state index in [1.54, 1.807) is 4.90 Å². The van der Waals surface area contributed by atoms with Crippen LogP contribution in [0.15, 0.2) is 15.8 Å². The van der Waals surface area contributed by atoms with Crippen molar-refractivity contribution in [1.29, 1.82) is 0 Å². The van der Waals surface area contributed by atoms with E-state index in [0.717, 1.165) is 4.57 Å². The Labute approximate surface area is 161 Å². The van der Waals surface area contributed by atoms with Crippen molar-refractivity contribution >= 4 is 17.8 Å². The molecule has 3 heterocycles. The normalized spacial score (nSPS) is 24.2. The van der Waals surface area contributed by atoms with Gasteiger partial charge in [0.1, 0.15) is 6.54 Å². The summed E-state index contributed by atoms with van der Waals surface area (Å²) in [5.74, 6) is -1.35. The van der Waals surface area contributed by atoms with Crippen molar-refractivity contribution in [2.24, 2.45) is 5.92 Å². The van der Waals surface area contributed by atoms with Gasteiger partial charge in [0, 0.05) is 24.3 Å². The molecule has 0 bridgehead atoms. The Hall–Kier alpha value is -2.91. The lowest BCUT2D eigenvalue weighted by Crippen LogP contribution is -2.58. The van der Waals surface area contributed by atoms with Crippen LogP contribution in [0.2, 0.25) is 0 Å². The number of H-pyrrole nitrogens is 1. The summed E-state index contributed by atoms with van der Waals surface area (Å²) in [4.78, 5) is 66.1. The van der Waals surface area contributed by atoms with Crippen LogP contribution in [0.3, 0.4) is 0 Å². The van der Waals surface area contributed by atoms with Crippen molar-refractivity contribution < 1.29 is 19.1 Å². The number of methoxy groups -OCH3 is 1. The number of aromatic nitrogens is 2. The first-order valence-electron chi connectivity index (χ1n) is 9.23. The molecule has 0 unspecified atom stereocenters. The Morgan fingerprint density at radius 2 is 2.00 bits per heavy atom. The molecular formula is C18H24N4O6. The zero-order valence-corrected chi connectivity index (χ0v) is 16.1. The average Bonchev–Trinajstić information content (AvgIpc) is 3.04. The van der Waals surface area contributed by atoms with Gasteiger partial charge >= 0.3 is 11.7 Å². The first kappa shape index (κ1) is 19.8. The Morgan fingerprint density at radius 1 is 1.29 bits per heavy atom. The summed E-state index contributed by atoms with van der Waals surface area (Å²) in [5.41, 5.74) is -0.856. The van der Waals surface area contributed by atoms with Gasteiger partial charge < -0.3 is 14.5 Å². The highest BCUT2D eigenvalue weighted by molar-refractivity contribution is 5.87. The van der Waals surface area contributed by atoms with Gasteiger partial charge in [0.25, 0.3) is 5.56 Å². The number of amides is 2. The molecule has 3 atom stereocenters. The minimum atomic E-state index is -0.674. The van der Waals surface area contributed by atoms with E-state index in [-0.39, 0.29) is 37.0 Å². The van der Waals surface area contributed by atoms with Crippen molar-refractivity contribution in [3.63, 3.8) is 0 Å². The van der Waals surface area contributed by atoms with Crippen LogP contribution in [0.25, 0.3) is 0 Å². The maximum atomic E-state index is 12.7. The molecule has 1 aromatic rings. The van der Waals surface area contributed by atoms with Crippen molar-refractivity contribution in [3.05, 3.63) is 32.6 Å². The number of aryl methyl sites for hydroxylation is 1. The van der Waals surface area contributed by atoms with Crippen LogP contribution < -0.4 is 11.2 Å². The average molecular weight is 392 g/mol. The maximum Gasteiger partial charge on any atom is 0.328 e. The van der Waals surface area contributed by atoms with E-state index in [4.69, 9.17) is 4.74 Å². The van der Waals surface area contributed by atoms with Crippen LogP contribution in [0.1, 0.15) is 25.3 Å². The Kier molecular flexibility index (Phi) is 5.39. The number of hydrogen-bond donors (Lipinski definition) is 1. The van der Waals surface area contributed by atoms with E-state index in [1.165, 1.54) is 25.1 Å². The molecule has 0 radical (unpaired) electrons. The summed E-state index contributed by atoms with van der Waals surface area (Å²) in [6.07, 6.45) is 2.40. The molecule has 2 aliphatic rings. The summed E-state index contributed by atoms with van der Waals surface area (Å²) in [6, 6.07) is -0.486. The van der Waals surface area contributed by atoms with Crippen LogP contribution in [-0.4, -0.2) is 69.4 Å². The quantitative estimate of drug-likeness (QED) is 0.646. The van der Waals surface area contributed by atoms with Gasteiger partial charge in [0.2, 0.25) is 11.8 Å². The molecule has 1 N–H and O–H groups in total. The number of nitrogens with zero attached hydrogens (tertiary/aromatic N) is 3. The zero-order chi connectivity index (χ0) is 20.6. The Morgan fingerprint density at radius 3 is 2.64 bits per heavy atom. The molecule has 2 aliphatic heterocycles. The minimum Gasteiger partial charge on any atom is -0.469 e. The van der Waals surface area contributed by atoms with Crippen molar-refractivity contribution in [2.75, 3.05) is 20.2 Å². The van der Waals surface area contributed by atoms with Gasteiger partial charge in [-0.2, -0.15) is 0 Å². The smallest absolute Gasteiger partial charge is 0.328 e. The molecule has 2 fully saturated rings. The topological polar surface area (TPSA) is 122 Å². The van der Waals surface area contributed by atoms with E-state index in [2.05, 4.69) is 4.98 Å². The molecule has 2 saturated heterocycles. The third-order valence-corrected chi connectivity index (χ3v) is 5.56. The van der Waals surface area contributed by atoms with Crippen molar-refractivity contribution in [1.82, 2.24) is 19.4 Å². The molecule has 10 heteroatoms. The van der Waals surface area contributed by atoms with Gasteiger partial charge in [0.05, 0.1) is 25.6 Å². The monoisotopic (exact) mass is 392 g/mol. The number of rotatable bonds is 4. The third-order valence-electron chi connectivity index (χ3n) is 5.56. The number of carbonyl (C=O) groups is 3. The fourth-order valence-electron chi connectivity index (χ4n) is 4.20. The predicted octanol–water partition coefficient (Wildman–Crippen LogP) is -1.14. The summed E-state index contributed by atoms with van der Waals surface area (Å²) in [6.45, 7) is 3.38. The first-order chi connectivity index (χ1) is 13.3. The van der Waals surface area contributed by atoms with Gasteiger partial charge in [-0.25, -0.2) is 4.79 Å². The second kappa shape index (κ2) is 7.61. The second-order valence-electron chi connectivity index (χ2n) is 7.27. The minimum absolute atomic E-state index is 0.100. The number of hydrogen-bond acceptors (Lipinski definition) is 6. The summed E-state index contributed by atoms with van der Waals surface area (Å²) in [7, 11) is 1.33. The number of aromatic amines is 1. The number of nitrogens with one attached hydrogen (secondary N) is 1. The summed E-state index contributed by atoms with van der Waals surface area (Å²) in [5, 5.41) is 0. The van der Waals surface area contributed by atoms with E-state index in [9.17, 15) is 24.0 Å². The molecule has 0 spiro atoms. The first-order valence-corrected chi connectivity index (χ1v) is 9.23. The van der Waals surface area contributed by atoms with Gasteiger partial charge in [-0.3, -0.25) is 28.7 Å². The summed E-state index contributed by atoms with van der Waals surface area (Å²) >= 11 is 0. The molecule has 10 nitrogen and oxygen atoms in total. The van der Waals surface area contributed by atoms with E-state index < -0.39 is 23.1 Å².